The van der Waals surface area contributed by atoms with Crippen LogP contribution in [0.2, 0.25) is 25.7 Å². The first-order valence-electron chi connectivity index (χ1n) is 9.83. The molecule has 0 aliphatic carbocycles. The van der Waals surface area contributed by atoms with Crippen LogP contribution in [0.1, 0.15) is 11.3 Å². The molecule has 0 amide bonds. The highest BCUT2D eigenvalue weighted by atomic mass is 79.9. The Bertz CT molecular complexity index is 1010. The standard InChI is InChI=1S/C19H30BrN5O3SSi/c1-23-12-15-7-6-8-17(18(15)22-23)29(26,27)24(2)13-16-11-21-19(20)25(16)14-28-9-10-30(3,4)5/h6-8,11,22H,9-10,12-14H2,1-5H3. The summed E-state index contributed by atoms with van der Waals surface area (Å²) in [7, 11) is -1.38. The van der Waals surface area contributed by atoms with Crippen molar-refractivity contribution in [3.8, 4) is 0 Å². The summed E-state index contributed by atoms with van der Waals surface area (Å²) in [4.78, 5) is 4.57. The fourth-order valence-electron chi connectivity index (χ4n) is 3.20. The maximum absolute atomic E-state index is 13.3. The average Bonchev–Trinajstić information content (AvgIpc) is 3.19. The van der Waals surface area contributed by atoms with Gasteiger partial charge in [0, 0.05) is 35.3 Å². The Morgan fingerprint density at radius 3 is 2.77 bits per heavy atom. The van der Waals surface area contributed by atoms with Crippen LogP contribution in [0.4, 0.5) is 5.69 Å². The number of nitrogens with one attached hydrogen (secondary N) is 1. The lowest BCUT2D eigenvalue weighted by atomic mass is 10.2. The molecule has 1 aliphatic rings. The van der Waals surface area contributed by atoms with E-state index in [0.717, 1.165) is 17.3 Å². The largest absolute Gasteiger partial charge is 0.361 e. The maximum Gasteiger partial charge on any atom is 0.245 e. The lowest BCUT2D eigenvalue weighted by molar-refractivity contribution is 0.0830. The molecular formula is C19H30BrN5O3SSi. The van der Waals surface area contributed by atoms with Crippen LogP contribution in [0.3, 0.4) is 0 Å². The summed E-state index contributed by atoms with van der Waals surface area (Å²) >= 11 is 3.44. The highest BCUT2D eigenvalue weighted by Gasteiger charge is 2.29. The van der Waals surface area contributed by atoms with E-state index in [1.165, 1.54) is 4.31 Å². The summed E-state index contributed by atoms with van der Waals surface area (Å²) in [5.74, 6) is 0. The summed E-state index contributed by atoms with van der Waals surface area (Å²) in [6, 6.07) is 6.44. The number of hydrazine groups is 1. The van der Waals surface area contributed by atoms with Crippen molar-refractivity contribution in [3.63, 3.8) is 0 Å². The van der Waals surface area contributed by atoms with Crippen LogP contribution < -0.4 is 5.43 Å². The van der Waals surface area contributed by atoms with E-state index in [0.29, 0.717) is 30.3 Å². The summed E-state index contributed by atoms with van der Waals surface area (Å²) in [6.07, 6.45) is 1.68. The number of ether oxygens (including phenoxy) is 1. The summed E-state index contributed by atoms with van der Waals surface area (Å²) < 4.78 is 36.3. The SMILES string of the molecule is CN1Cc2cccc(S(=O)(=O)N(C)Cc3cnc(Br)n3COCC[Si](C)(C)C)c2N1. The van der Waals surface area contributed by atoms with Gasteiger partial charge in [-0.1, -0.05) is 31.8 Å². The van der Waals surface area contributed by atoms with Crippen LogP contribution in [-0.4, -0.2) is 56.1 Å². The molecule has 0 unspecified atom stereocenters. The number of halogens is 1. The fourth-order valence-corrected chi connectivity index (χ4v) is 5.71. The van der Waals surface area contributed by atoms with Gasteiger partial charge in [-0.15, -0.1) is 0 Å². The lowest BCUT2D eigenvalue weighted by Gasteiger charge is -2.21. The van der Waals surface area contributed by atoms with Crippen LogP contribution in [0, 0.1) is 0 Å². The van der Waals surface area contributed by atoms with Crippen LogP contribution in [0.25, 0.3) is 0 Å². The number of hydrogen-bond donors (Lipinski definition) is 1. The number of aromatic nitrogens is 2. The highest BCUT2D eigenvalue weighted by Crippen LogP contribution is 2.33. The Morgan fingerprint density at radius 2 is 2.07 bits per heavy atom. The third-order valence-corrected chi connectivity index (χ3v) is 9.18. The maximum atomic E-state index is 13.3. The molecule has 0 saturated carbocycles. The second kappa shape index (κ2) is 9.09. The Kier molecular flexibility index (Phi) is 7.10. The predicted octanol–water partition coefficient (Wildman–Crippen LogP) is 3.55. The van der Waals surface area contributed by atoms with Gasteiger partial charge < -0.3 is 10.2 Å². The molecule has 0 radical (unpaired) electrons. The third kappa shape index (κ3) is 5.32. The minimum absolute atomic E-state index is 0.192. The van der Waals surface area contributed by atoms with Crippen molar-refractivity contribution in [3.05, 3.63) is 40.4 Å². The number of imidazole rings is 1. The number of fused-ring (bicyclic) bond motifs is 1. The highest BCUT2D eigenvalue weighted by molar-refractivity contribution is 9.10. The van der Waals surface area contributed by atoms with Gasteiger partial charge in [0.1, 0.15) is 11.6 Å². The molecule has 1 N–H and O–H groups in total. The number of sulfonamides is 1. The number of anilines is 1. The first kappa shape index (κ1) is 23.4. The molecule has 1 aromatic heterocycles. The Balaban J connectivity index is 1.74. The molecule has 8 nitrogen and oxygen atoms in total. The van der Waals surface area contributed by atoms with Crippen LogP contribution in [-0.2, 0) is 34.6 Å². The first-order valence-corrected chi connectivity index (χ1v) is 15.8. The summed E-state index contributed by atoms with van der Waals surface area (Å²) in [5.41, 5.74) is 5.52. The zero-order chi connectivity index (χ0) is 22.1. The van der Waals surface area contributed by atoms with Gasteiger partial charge in [0.15, 0.2) is 4.73 Å². The van der Waals surface area contributed by atoms with Gasteiger partial charge in [-0.25, -0.2) is 18.4 Å². The van der Waals surface area contributed by atoms with E-state index in [1.54, 1.807) is 25.4 Å². The first-order chi connectivity index (χ1) is 14.0. The number of hydrogen-bond acceptors (Lipinski definition) is 6. The van der Waals surface area contributed by atoms with E-state index in [9.17, 15) is 8.42 Å². The minimum atomic E-state index is -3.69. The molecule has 3 rings (SSSR count). The molecule has 1 aliphatic heterocycles. The van der Waals surface area contributed by atoms with E-state index in [1.807, 2.05) is 22.7 Å². The van der Waals surface area contributed by atoms with Crippen molar-refractivity contribution < 1.29 is 13.2 Å². The van der Waals surface area contributed by atoms with E-state index < -0.39 is 18.1 Å². The number of benzene rings is 1. The normalized spacial score (nSPS) is 14.9. The second-order valence-electron chi connectivity index (χ2n) is 8.81. The van der Waals surface area contributed by atoms with Crippen molar-refractivity contribution in [1.82, 2.24) is 18.9 Å². The lowest BCUT2D eigenvalue weighted by Crippen LogP contribution is -2.29. The van der Waals surface area contributed by atoms with Gasteiger partial charge in [-0.2, -0.15) is 4.31 Å². The summed E-state index contributed by atoms with van der Waals surface area (Å²) in [6.45, 7) is 8.80. The average molecular weight is 517 g/mol. The molecule has 11 heteroatoms. The molecule has 30 heavy (non-hydrogen) atoms. The van der Waals surface area contributed by atoms with E-state index in [-0.39, 0.29) is 11.4 Å². The number of para-hydroxylation sites is 1. The van der Waals surface area contributed by atoms with E-state index in [2.05, 4.69) is 46.0 Å². The van der Waals surface area contributed by atoms with Gasteiger partial charge in [-0.3, -0.25) is 4.57 Å². The third-order valence-electron chi connectivity index (χ3n) is 5.00. The molecule has 0 atom stereocenters. The molecule has 166 valence electrons. The zero-order valence-corrected chi connectivity index (χ0v) is 21.5. The van der Waals surface area contributed by atoms with Gasteiger partial charge in [0.05, 0.1) is 24.1 Å². The zero-order valence-electron chi connectivity index (χ0n) is 18.1. The minimum Gasteiger partial charge on any atom is -0.361 e. The molecule has 0 bridgehead atoms. The van der Waals surface area contributed by atoms with Crippen LogP contribution >= 0.6 is 15.9 Å². The smallest absolute Gasteiger partial charge is 0.245 e. The molecule has 2 heterocycles. The number of rotatable bonds is 9. The van der Waals surface area contributed by atoms with Crippen molar-refractivity contribution >= 4 is 39.7 Å². The molecular weight excluding hydrogens is 486 g/mol. The second-order valence-corrected chi connectivity index (χ2v) is 17.2. The quantitative estimate of drug-likeness (QED) is 0.406. The van der Waals surface area contributed by atoms with E-state index >= 15 is 0 Å². The molecule has 0 fully saturated rings. The van der Waals surface area contributed by atoms with Crippen molar-refractivity contribution in [1.29, 1.82) is 0 Å². The topological polar surface area (TPSA) is 79.7 Å². The van der Waals surface area contributed by atoms with Gasteiger partial charge in [0.25, 0.3) is 0 Å². The van der Waals surface area contributed by atoms with Crippen molar-refractivity contribution in [2.24, 2.45) is 0 Å². The van der Waals surface area contributed by atoms with Gasteiger partial charge in [0.2, 0.25) is 10.0 Å². The Morgan fingerprint density at radius 1 is 1.33 bits per heavy atom. The van der Waals surface area contributed by atoms with Gasteiger partial charge in [-0.05, 0) is 33.6 Å². The Hall–Kier alpha value is -1.24. The molecule has 2 aromatic rings. The van der Waals surface area contributed by atoms with Crippen LogP contribution in [0.15, 0.2) is 34.0 Å². The predicted molar refractivity (Wildman–Crippen MR) is 124 cm³/mol. The molecule has 0 spiro atoms. The van der Waals surface area contributed by atoms with Crippen LogP contribution in [0.5, 0.6) is 0 Å². The van der Waals surface area contributed by atoms with E-state index in [4.69, 9.17) is 4.74 Å². The van der Waals surface area contributed by atoms with Crippen molar-refractivity contribution in [2.75, 3.05) is 26.1 Å². The van der Waals surface area contributed by atoms with Gasteiger partial charge >= 0.3 is 0 Å². The fraction of sp³-hybridized carbons (Fsp3) is 0.526. The van der Waals surface area contributed by atoms with Crippen molar-refractivity contribution in [2.45, 2.75) is 50.4 Å². The monoisotopic (exact) mass is 515 g/mol. The summed E-state index contributed by atoms with van der Waals surface area (Å²) in [5, 5.41) is 1.87. The molecule has 1 aromatic carbocycles. The Labute approximate surface area is 188 Å². The number of nitrogens with zero attached hydrogens (tertiary/aromatic N) is 4. The molecule has 0 saturated heterocycles.